The minimum atomic E-state index is -0.329. The zero-order chi connectivity index (χ0) is 13.2. The summed E-state index contributed by atoms with van der Waals surface area (Å²) in [5, 5.41) is 0.797. The van der Waals surface area contributed by atoms with Crippen molar-refractivity contribution >= 4 is 28.6 Å². The molecule has 2 aromatic heterocycles. The standard InChI is InChI=1S/C12H10FN5S/c13-8-2-1-7(9(14)3-8)4-19-12-10-11(16-5-15-10)17-6-18-12/h1-3,5-6H,4,14H2,(H,15,16,17,18). The van der Waals surface area contributed by atoms with Crippen LogP contribution in [0.4, 0.5) is 10.1 Å². The summed E-state index contributed by atoms with van der Waals surface area (Å²) in [6.07, 6.45) is 3.05. The summed E-state index contributed by atoms with van der Waals surface area (Å²) < 4.78 is 13.0. The molecular formula is C12H10FN5S. The van der Waals surface area contributed by atoms with Crippen molar-refractivity contribution in [2.24, 2.45) is 0 Å². The molecule has 3 aromatic rings. The molecular weight excluding hydrogens is 265 g/mol. The van der Waals surface area contributed by atoms with Gasteiger partial charge in [0.2, 0.25) is 0 Å². The van der Waals surface area contributed by atoms with Gasteiger partial charge in [0.15, 0.2) is 5.65 Å². The van der Waals surface area contributed by atoms with Gasteiger partial charge in [-0.3, -0.25) is 0 Å². The summed E-state index contributed by atoms with van der Waals surface area (Å²) in [4.78, 5) is 15.3. The smallest absolute Gasteiger partial charge is 0.181 e. The molecule has 0 aliphatic rings. The first kappa shape index (κ1) is 11.9. The first-order valence-corrected chi connectivity index (χ1v) is 6.53. The van der Waals surface area contributed by atoms with E-state index in [0.717, 1.165) is 16.1 Å². The number of aromatic nitrogens is 4. The first-order valence-electron chi connectivity index (χ1n) is 5.55. The average Bonchev–Trinajstić information content (AvgIpc) is 2.86. The molecule has 0 saturated heterocycles. The molecule has 96 valence electrons. The number of nitrogens with two attached hydrogens (primary N) is 1. The molecule has 3 N–H and O–H groups in total. The third kappa shape index (κ3) is 2.37. The highest BCUT2D eigenvalue weighted by Gasteiger charge is 2.08. The van der Waals surface area contributed by atoms with E-state index >= 15 is 0 Å². The Hall–Kier alpha value is -2.15. The van der Waals surface area contributed by atoms with E-state index in [0.29, 0.717) is 17.1 Å². The van der Waals surface area contributed by atoms with Crippen LogP contribution in [0.25, 0.3) is 11.2 Å². The molecule has 2 heterocycles. The van der Waals surface area contributed by atoms with E-state index in [2.05, 4.69) is 19.9 Å². The maximum atomic E-state index is 13.0. The molecule has 0 fully saturated rings. The van der Waals surface area contributed by atoms with Gasteiger partial charge in [0.25, 0.3) is 0 Å². The van der Waals surface area contributed by atoms with E-state index in [-0.39, 0.29) is 5.82 Å². The molecule has 0 saturated carbocycles. The zero-order valence-corrected chi connectivity index (χ0v) is 10.6. The van der Waals surface area contributed by atoms with Gasteiger partial charge >= 0.3 is 0 Å². The van der Waals surface area contributed by atoms with E-state index in [4.69, 9.17) is 5.73 Å². The molecule has 0 atom stereocenters. The van der Waals surface area contributed by atoms with Crippen molar-refractivity contribution in [3.8, 4) is 0 Å². The van der Waals surface area contributed by atoms with Crippen LogP contribution in [0, 0.1) is 5.82 Å². The van der Waals surface area contributed by atoms with E-state index < -0.39 is 0 Å². The van der Waals surface area contributed by atoms with Crippen LogP contribution in [0.2, 0.25) is 0 Å². The number of hydrogen-bond donors (Lipinski definition) is 2. The van der Waals surface area contributed by atoms with Crippen LogP contribution < -0.4 is 5.73 Å². The van der Waals surface area contributed by atoms with Crippen LogP contribution in [-0.2, 0) is 5.75 Å². The Morgan fingerprint density at radius 1 is 1.26 bits per heavy atom. The van der Waals surface area contributed by atoms with Crippen LogP contribution in [0.15, 0.2) is 35.9 Å². The highest BCUT2D eigenvalue weighted by molar-refractivity contribution is 7.98. The molecule has 0 amide bonds. The fourth-order valence-electron chi connectivity index (χ4n) is 1.70. The predicted molar refractivity (Wildman–Crippen MR) is 72.1 cm³/mol. The molecule has 7 heteroatoms. The van der Waals surface area contributed by atoms with E-state index in [9.17, 15) is 4.39 Å². The molecule has 19 heavy (non-hydrogen) atoms. The van der Waals surface area contributed by atoms with Gasteiger partial charge in [0.05, 0.1) is 6.33 Å². The Bertz CT molecular complexity index is 727. The van der Waals surface area contributed by atoms with Crippen molar-refractivity contribution in [2.45, 2.75) is 10.8 Å². The predicted octanol–water partition coefficient (Wildman–Crippen LogP) is 2.37. The third-order valence-corrected chi connectivity index (χ3v) is 3.70. The van der Waals surface area contributed by atoms with Gasteiger partial charge in [-0.1, -0.05) is 17.8 Å². The molecule has 0 bridgehead atoms. The van der Waals surface area contributed by atoms with E-state index in [1.54, 1.807) is 12.4 Å². The number of nitrogens with zero attached hydrogens (tertiary/aromatic N) is 3. The number of benzene rings is 1. The lowest BCUT2D eigenvalue weighted by Gasteiger charge is -2.05. The summed E-state index contributed by atoms with van der Waals surface area (Å²) in [5.41, 5.74) is 8.52. The Morgan fingerprint density at radius 3 is 3.00 bits per heavy atom. The quantitative estimate of drug-likeness (QED) is 0.436. The highest BCUT2D eigenvalue weighted by Crippen LogP contribution is 2.27. The van der Waals surface area contributed by atoms with E-state index in [1.807, 2.05) is 0 Å². The molecule has 5 nitrogen and oxygen atoms in total. The molecule has 0 aliphatic carbocycles. The van der Waals surface area contributed by atoms with Gasteiger partial charge in [0.1, 0.15) is 22.7 Å². The number of anilines is 1. The fraction of sp³-hybridized carbons (Fsp3) is 0.0833. The van der Waals surface area contributed by atoms with Gasteiger partial charge in [-0.25, -0.2) is 19.3 Å². The molecule has 0 unspecified atom stereocenters. The largest absolute Gasteiger partial charge is 0.398 e. The Kier molecular flexibility index (Phi) is 3.04. The number of thioether (sulfide) groups is 1. The molecule has 0 spiro atoms. The number of fused-ring (bicyclic) bond motifs is 1. The van der Waals surface area contributed by atoms with Crippen molar-refractivity contribution < 1.29 is 4.39 Å². The summed E-state index contributed by atoms with van der Waals surface area (Å²) >= 11 is 1.50. The van der Waals surface area contributed by atoms with Gasteiger partial charge < -0.3 is 10.7 Å². The summed E-state index contributed by atoms with van der Waals surface area (Å²) in [7, 11) is 0. The summed E-state index contributed by atoms with van der Waals surface area (Å²) in [6.45, 7) is 0. The molecule has 1 aromatic carbocycles. The number of nitrogens with one attached hydrogen (secondary N) is 1. The molecule has 0 aliphatic heterocycles. The van der Waals surface area contributed by atoms with Crippen LogP contribution in [-0.4, -0.2) is 19.9 Å². The second-order valence-corrected chi connectivity index (χ2v) is 4.88. The maximum absolute atomic E-state index is 13.0. The SMILES string of the molecule is Nc1cc(F)ccc1CSc1ncnc2nc[nH]c12. The minimum Gasteiger partial charge on any atom is -0.398 e. The van der Waals surface area contributed by atoms with Crippen molar-refractivity contribution in [1.29, 1.82) is 0 Å². The second kappa shape index (κ2) is 4.85. The zero-order valence-electron chi connectivity index (χ0n) is 9.80. The molecule has 3 rings (SSSR count). The number of hydrogen-bond acceptors (Lipinski definition) is 5. The van der Waals surface area contributed by atoms with Crippen LogP contribution in [0.3, 0.4) is 0 Å². The topological polar surface area (TPSA) is 80.5 Å². The minimum absolute atomic E-state index is 0.329. The number of aromatic amines is 1. The van der Waals surface area contributed by atoms with E-state index in [1.165, 1.54) is 30.2 Å². The number of nitrogen functional groups attached to an aromatic ring is 1. The Balaban J connectivity index is 1.84. The highest BCUT2D eigenvalue weighted by atomic mass is 32.2. The Morgan fingerprint density at radius 2 is 2.16 bits per heavy atom. The monoisotopic (exact) mass is 275 g/mol. The normalized spacial score (nSPS) is 11.0. The summed E-state index contributed by atoms with van der Waals surface area (Å²) in [5.74, 6) is 0.279. The van der Waals surface area contributed by atoms with Gasteiger partial charge in [0, 0.05) is 11.4 Å². The molecule has 0 radical (unpaired) electrons. The van der Waals surface area contributed by atoms with Gasteiger partial charge in [-0.2, -0.15) is 0 Å². The maximum Gasteiger partial charge on any atom is 0.181 e. The fourth-order valence-corrected chi connectivity index (χ4v) is 2.67. The lowest BCUT2D eigenvalue weighted by Crippen LogP contribution is -1.94. The van der Waals surface area contributed by atoms with Crippen molar-refractivity contribution in [3.05, 3.63) is 42.2 Å². The van der Waals surface area contributed by atoms with Gasteiger partial charge in [-0.15, -0.1) is 0 Å². The lowest BCUT2D eigenvalue weighted by atomic mass is 10.2. The van der Waals surface area contributed by atoms with Crippen LogP contribution in [0.5, 0.6) is 0 Å². The van der Waals surface area contributed by atoms with Crippen LogP contribution in [0.1, 0.15) is 5.56 Å². The van der Waals surface area contributed by atoms with Crippen molar-refractivity contribution in [3.63, 3.8) is 0 Å². The number of rotatable bonds is 3. The lowest BCUT2D eigenvalue weighted by molar-refractivity contribution is 0.628. The Labute approximate surface area is 112 Å². The first-order chi connectivity index (χ1) is 9.24. The van der Waals surface area contributed by atoms with Crippen molar-refractivity contribution in [2.75, 3.05) is 5.73 Å². The van der Waals surface area contributed by atoms with Crippen molar-refractivity contribution in [1.82, 2.24) is 19.9 Å². The number of imidazole rings is 1. The third-order valence-electron chi connectivity index (χ3n) is 2.66. The van der Waals surface area contributed by atoms with Gasteiger partial charge in [-0.05, 0) is 17.7 Å². The average molecular weight is 275 g/mol. The second-order valence-electron chi connectivity index (χ2n) is 3.91. The summed E-state index contributed by atoms with van der Waals surface area (Å²) in [6, 6.07) is 4.41. The number of H-pyrrole nitrogens is 1. The van der Waals surface area contributed by atoms with Crippen LogP contribution >= 0.6 is 11.8 Å². The number of halogens is 1.